The number of amides is 2. The molecule has 3 saturated carbocycles. The lowest BCUT2D eigenvalue weighted by molar-refractivity contribution is -0.327. The van der Waals surface area contributed by atoms with Crippen LogP contribution in [-0.2, 0) is 14.3 Å². The normalized spacial score (nSPS) is 30.0. The van der Waals surface area contributed by atoms with E-state index in [0.29, 0.717) is 32.2 Å². The van der Waals surface area contributed by atoms with Crippen molar-refractivity contribution >= 4 is 23.4 Å². The van der Waals surface area contributed by atoms with Gasteiger partial charge in [-0.15, -0.1) is 13.2 Å². The monoisotopic (exact) mass is 450 g/mol. The van der Waals surface area contributed by atoms with Crippen LogP contribution >= 0.6 is 11.6 Å². The van der Waals surface area contributed by atoms with Crippen molar-refractivity contribution < 1.29 is 36.6 Å². The zero-order chi connectivity index (χ0) is 21.7. The molecule has 5 rings (SSSR count). The highest BCUT2D eigenvalue weighted by molar-refractivity contribution is 6.30. The highest BCUT2D eigenvalue weighted by Crippen LogP contribution is 2.64. The SMILES string of the molecule is O=C(COc1ccc(Cl)c(F)c1)NC12CC(N3CC[C@@H](COC(F)(F)F)C3=O)(C1)C2. The third-order valence-corrected chi connectivity index (χ3v) is 6.31. The summed E-state index contributed by atoms with van der Waals surface area (Å²) in [6, 6.07) is 3.87. The second-order valence-electron chi connectivity index (χ2n) is 8.18. The maximum absolute atomic E-state index is 13.4. The summed E-state index contributed by atoms with van der Waals surface area (Å²) < 4.78 is 59.1. The van der Waals surface area contributed by atoms with Crippen LogP contribution in [0.1, 0.15) is 25.7 Å². The molecule has 4 aliphatic rings. The van der Waals surface area contributed by atoms with E-state index in [0.717, 1.165) is 6.07 Å². The van der Waals surface area contributed by atoms with Gasteiger partial charge in [0.25, 0.3) is 5.91 Å². The molecule has 0 unspecified atom stereocenters. The maximum atomic E-state index is 13.4. The van der Waals surface area contributed by atoms with Crippen molar-refractivity contribution in [2.45, 2.75) is 43.1 Å². The number of ether oxygens (including phenoxy) is 2. The number of likely N-dealkylation sites (tertiary alicyclic amines) is 1. The number of rotatable bonds is 7. The van der Waals surface area contributed by atoms with Gasteiger partial charge >= 0.3 is 6.36 Å². The molecule has 0 aromatic heterocycles. The van der Waals surface area contributed by atoms with E-state index in [-0.39, 0.29) is 29.2 Å². The van der Waals surface area contributed by atoms with Crippen LogP contribution in [0.25, 0.3) is 0 Å². The Labute approximate surface area is 174 Å². The Balaban J connectivity index is 1.23. The minimum Gasteiger partial charge on any atom is -0.484 e. The van der Waals surface area contributed by atoms with Crippen molar-refractivity contribution in [2.75, 3.05) is 19.8 Å². The van der Waals surface area contributed by atoms with Crippen LogP contribution in [0.4, 0.5) is 17.6 Å². The van der Waals surface area contributed by atoms with Crippen molar-refractivity contribution in [3.05, 3.63) is 29.0 Å². The summed E-state index contributed by atoms with van der Waals surface area (Å²) in [5, 5.41) is 2.83. The zero-order valence-corrected chi connectivity index (χ0v) is 16.5. The van der Waals surface area contributed by atoms with E-state index in [2.05, 4.69) is 10.1 Å². The summed E-state index contributed by atoms with van der Waals surface area (Å²) in [4.78, 5) is 26.3. The Morgan fingerprint density at radius 1 is 1.30 bits per heavy atom. The van der Waals surface area contributed by atoms with Crippen molar-refractivity contribution in [2.24, 2.45) is 5.92 Å². The maximum Gasteiger partial charge on any atom is 0.522 e. The predicted octanol–water partition coefficient (Wildman–Crippen LogP) is 3.03. The number of hydrogen-bond acceptors (Lipinski definition) is 4. The van der Waals surface area contributed by atoms with E-state index in [9.17, 15) is 27.2 Å². The molecule has 1 N–H and O–H groups in total. The van der Waals surface area contributed by atoms with E-state index in [4.69, 9.17) is 16.3 Å². The predicted molar refractivity (Wildman–Crippen MR) is 96.2 cm³/mol. The quantitative estimate of drug-likeness (QED) is 0.648. The number of nitrogens with one attached hydrogen (secondary N) is 1. The number of nitrogens with zero attached hydrogens (tertiary/aromatic N) is 1. The van der Waals surface area contributed by atoms with E-state index in [1.165, 1.54) is 12.1 Å². The molecule has 2 bridgehead atoms. The molecule has 1 aromatic rings. The zero-order valence-electron chi connectivity index (χ0n) is 15.7. The standard InChI is InChI=1S/C19H19ClF4N2O4/c20-13-2-1-12(5-14(13)21)29-7-15(27)25-17-8-18(9-17,10-17)26-4-3-11(16(26)28)6-30-19(22,23)24/h1-2,5,11H,3-4,6-10H2,(H,25,27)/t11-,17?,18?/m0/s1. The lowest BCUT2D eigenvalue weighted by Crippen LogP contribution is -2.84. The average Bonchev–Trinajstić information content (AvgIpc) is 2.96. The van der Waals surface area contributed by atoms with Crippen LogP contribution in [-0.4, -0.2) is 53.9 Å². The van der Waals surface area contributed by atoms with Crippen molar-refractivity contribution in [3.63, 3.8) is 0 Å². The smallest absolute Gasteiger partial charge is 0.484 e. The molecular weight excluding hydrogens is 432 g/mol. The van der Waals surface area contributed by atoms with Crippen LogP contribution in [0, 0.1) is 11.7 Å². The summed E-state index contributed by atoms with van der Waals surface area (Å²) in [7, 11) is 0. The Morgan fingerprint density at radius 3 is 2.63 bits per heavy atom. The summed E-state index contributed by atoms with van der Waals surface area (Å²) >= 11 is 5.59. The van der Waals surface area contributed by atoms with Crippen molar-refractivity contribution in [1.82, 2.24) is 10.2 Å². The van der Waals surface area contributed by atoms with Gasteiger partial charge in [0.05, 0.1) is 17.5 Å². The minimum absolute atomic E-state index is 0.0466. The average molecular weight is 451 g/mol. The number of benzene rings is 1. The van der Waals surface area contributed by atoms with E-state index in [1.54, 1.807) is 4.90 Å². The third-order valence-electron chi connectivity index (χ3n) is 6.01. The number of carbonyl (C=O) groups is 2. The van der Waals surface area contributed by atoms with Crippen LogP contribution < -0.4 is 10.1 Å². The molecule has 0 spiro atoms. The highest BCUT2D eigenvalue weighted by Gasteiger charge is 2.72. The van der Waals surface area contributed by atoms with Gasteiger partial charge in [0, 0.05) is 23.7 Å². The molecule has 2 amide bonds. The third kappa shape index (κ3) is 3.94. The summed E-state index contributed by atoms with van der Waals surface area (Å²) in [6.45, 7) is -0.575. The van der Waals surface area contributed by atoms with Gasteiger partial charge in [0.1, 0.15) is 11.6 Å². The lowest BCUT2D eigenvalue weighted by Gasteiger charge is -2.73. The van der Waals surface area contributed by atoms with Crippen LogP contribution in [0.2, 0.25) is 5.02 Å². The summed E-state index contributed by atoms with van der Waals surface area (Å²) in [5.74, 6) is -1.96. The molecular formula is C19H19ClF4N2O4. The fraction of sp³-hybridized carbons (Fsp3) is 0.579. The second-order valence-corrected chi connectivity index (χ2v) is 8.59. The highest BCUT2D eigenvalue weighted by atomic mass is 35.5. The first-order valence-electron chi connectivity index (χ1n) is 9.42. The molecule has 30 heavy (non-hydrogen) atoms. The number of halogens is 5. The molecule has 3 aliphatic carbocycles. The van der Waals surface area contributed by atoms with Crippen LogP contribution in [0.5, 0.6) is 5.75 Å². The molecule has 1 heterocycles. The van der Waals surface area contributed by atoms with Gasteiger partial charge in [0.2, 0.25) is 5.91 Å². The van der Waals surface area contributed by atoms with Gasteiger partial charge in [-0.25, -0.2) is 4.39 Å². The second kappa shape index (κ2) is 7.26. The fourth-order valence-electron chi connectivity index (χ4n) is 4.76. The van der Waals surface area contributed by atoms with E-state index in [1.807, 2.05) is 0 Å². The topological polar surface area (TPSA) is 67.9 Å². The first-order valence-corrected chi connectivity index (χ1v) is 9.80. The van der Waals surface area contributed by atoms with E-state index < -0.39 is 35.8 Å². The van der Waals surface area contributed by atoms with Crippen molar-refractivity contribution in [3.8, 4) is 5.75 Å². The largest absolute Gasteiger partial charge is 0.522 e. The first kappa shape index (κ1) is 21.2. The number of alkyl halides is 3. The Morgan fingerprint density at radius 2 is 2.00 bits per heavy atom. The van der Waals surface area contributed by atoms with Crippen molar-refractivity contribution in [1.29, 1.82) is 0 Å². The number of carbonyl (C=O) groups excluding carboxylic acids is 2. The Kier molecular flexibility index (Phi) is 5.13. The molecule has 1 aliphatic heterocycles. The van der Waals surface area contributed by atoms with Crippen LogP contribution in [0.3, 0.4) is 0 Å². The molecule has 1 atom stereocenters. The Bertz CT molecular complexity index is 859. The van der Waals surface area contributed by atoms with Gasteiger partial charge in [-0.2, -0.15) is 0 Å². The van der Waals surface area contributed by atoms with Gasteiger partial charge in [-0.1, -0.05) is 11.6 Å². The molecule has 4 fully saturated rings. The summed E-state index contributed by atoms with van der Waals surface area (Å²) in [5.41, 5.74) is -0.815. The molecule has 6 nitrogen and oxygen atoms in total. The van der Waals surface area contributed by atoms with E-state index >= 15 is 0 Å². The van der Waals surface area contributed by atoms with Gasteiger partial charge < -0.3 is 15.0 Å². The summed E-state index contributed by atoms with van der Waals surface area (Å²) in [6.07, 6.45) is -2.76. The molecule has 11 heteroatoms. The fourth-order valence-corrected chi connectivity index (χ4v) is 4.88. The first-order chi connectivity index (χ1) is 14.0. The van der Waals surface area contributed by atoms with Gasteiger partial charge in [0.15, 0.2) is 6.61 Å². The van der Waals surface area contributed by atoms with Gasteiger partial charge in [-0.3, -0.25) is 14.3 Å². The lowest BCUT2D eigenvalue weighted by atomic mass is 9.43. The molecule has 164 valence electrons. The minimum atomic E-state index is -4.75. The van der Waals surface area contributed by atoms with Crippen LogP contribution in [0.15, 0.2) is 18.2 Å². The van der Waals surface area contributed by atoms with Gasteiger partial charge in [-0.05, 0) is 37.8 Å². The molecule has 1 saturated heterocycles. The molecule has 1 aromatic carbocycles. The number of hydrogen-bond donors (Lipinski definition) is 1. The molecule has 0 radical (unpaired) electrons. The Hall–Kier alpha value is -2.07.